The van der Waals surface area contributed by atoms with Gasteiger partial charge in [0.25, 0.3) is 0 Å². The minimum absolute atomic E-state index is 0.255. The second-order valence-corrected chi connectivity index (χ2v) is 5.43. The molecule has 0 aliphatic heterocycles. The summed E-state index contributed by atoms with van der Waals surface area (Å²) in [6.07, 6.45) is 4.87. The maximum atomic E-state index is 12.2. The van der Waals surface area contributed by atoms with Crippen LogP contribution in [0.5, 0.6) is 0 Å². The summed E-state index contributed by atoms with van der Waals surface area (Å²) in [5.74, 6) is -0.0548. The average molecular weight is 301 g/mol. The Morgan fingerprint density at radius 3 is 2.45 bits per heavy atom. The first-order valence-electron chi connectivity index (χ1n) is 6.98. The summed E-state index contributed by atoms with van der Waals surface area (Å²) < 4.78 is 5.14. The summed E-state index contributed by atoms with van der Waals surface area (Å²) >= 11 is 0. The fourth-order valence-corrected chi connectivity index (χ4v) is 1.81. The number of aromatic nitrogens is 1. The van der Waals surface area contributed by atoms with Gasteiger partial charge < -0.3 is 15.1 Å². The van der Waals surface area contributed by atoms with Crippen molar-refractivity contribution in [3.05, 3.63) is 54.2 Å². The zero-order valence-corrected chi connectivity index (χ0v) is 12.6. The van der Waals surface area contributed by atoms with Gasteiger partial charge in [0.2, 0.25) is 11.8 Å². The number of nitrogens with zero attached hydrogens (tertiary/aromatic N) is 1. The quantitative estimate of drug-likeness (QED) is 0.794. The standard InChI is InChI=1S/C16H19N3O3/c1-16(2,15(21)19-11-13-6-4-8-22-13)14(20)18-10-12-5-3-7-17-9-12/h3-9H,10-11H2,1-2H3,(H,18,20)(H,19,21). The molecule has 0 aromatic carbocycles. The fourth-order valence-electron chi connectivity index (χ4n) is 1.81. The molecule has 0 unspecified atom stereocenters. The van der Waals surface area contributed by atoms with E-state index in [0.717, 1.165) is 5.56 Å². The molecule has 2 aromatic heterocycles. The van der Waals surface area contributed by atoms with Gasteiger partial charge in [-0.15, -0.1) is 0 Å². The minimum atomic E-state index is -1.17. The SMILES string of the molecule is CC(C)(C(=O)NCc1cccnc1)C(=O)NCc1ccco1. The van der Waals surface area contributed by atoms with Gasteiger partial charge in [-0.2, -0.15) is 0 Å². The predicted molar refractivity (Wildman–Crippen MR) is 80.4 cm³/mol. The molecule has 6 nitrogen and oxygen atoms in total. The van der Waals surface area contributed by atoms with Crippen molar-refractivity contribution in [2.45, 2.75) is 26.9 Å². The molecule has 0 atom stereocenters. The maximum Gasteiger partial charge on any atom is 0.235 e. The number of furan rings is 1. The molecule has 116 valence electrons. The Balaban J connectivity index is 1.87. The molecule has 2 heterocycles. The van der Waals surface area contributed by atoms with E-state index in [1.807, 2.05) is 6.07 Å². The molecule has 2 aromatic rings. The number of nitrogens with one attached hydrogen (secondary N) is 2. The van der Waals surface area contributed by atoms with Crippen LogP contribution < -0.4 is 10.6 Å². The summed E-state index contributed by atoms with van der Waals surface area (Å²) in [7, 11) is 0. The van der Waals surface area contributed by atoms with Gasteiger partial charge in [-0.1, -0.05) is 6.07 Å². The van der Waals surface area contributed by atoms with Crippen LogP contribution in [0.25, 0.3) is 0 Å². The van der Waals surface area contributed by atoms with Crippen LogP contribution in [0.2, 0.25) is 0 Å². The van der Waals surface area contributed by atoms with E-state index < -0.39 is 5.41 Å². The molecule has 0 spiro atoms. The lowest BCUT2D eigenvalue weighted by atomic mass is 9.91. The Morgan fingerprint density at radius 2 is 1.86 bits per heavy atom. The topological polar surface area (TPSA) is 84.2 Å². The van der Waals surface area contributed by atoms with Gasteiger partial charge in [-0.3, -0.25) is 14.6 Å². The molecule has 0 aliphatic carbocycles. The summed E-state index contributed by atoms with van der Waals surface area (Å²) in [4.78, 5) is 28.4. The van der Waals surface area contributed by atoms with E-state index in [-0.39, 0.29) is 18.4 Å². The first kappa shape index (κ1) is 15.8. The number of carbonyl (C=O) groups excluding carboxylic acids is 2. The van der Waals surface area contributed by atoms with Crippen molar-refractivity contribution in [2.75, 3.05) is 0 Å². The second-order valence-electron chi connectivity index (χ2n) is 5.43. The molecule has 2 N–H and O–H groups in total. The normalized spacial score (nSPS) is 11.0. The monoisotopic (exact) mass is 301 g/mol. The van der Waals surface area contributed by atoms with Gasteiger partial charge in [-0.05, 0) is 37.6 Å². The van der Waals surface area contributed by atoms with Crippen LogP contribution in [0.15, 0.2) is 47.3 Å². The summed E-state index contributed by atoms with van der Waals surface area (Å²) in [6.45, 7) is 3.76. The van der Waals surface area contributed by atoms with E-state index in [4.69, 9.17) is 4.42 Å². The van der Waals surface area contributed by atoms with Crippen LogP contribution in [0, 0.1) is 5.41 Å². The van der Waals surface area contributed by atoms with Crippen LogP contribution >= 0.6 is 0 Å². The molecule has 2 rings (SSSR count). The van der Waals surface area contributed by atoms with Crippen LogP contribution in [0.3, 0.4) is 0 Å². The lowest BCUT2D eigenvalue weighted by Crippen LogP contribution is -2.47. The van der Waals surface area contributed by atoms with Crippen molar-refractivity contribution in [2.24, 2.45) is 5.41 Å². The smallest absolute Gasteiger partial charge is 0.235 e. The number of hydrogen-bond donors (Lipinski definition) is 2. The third-order valence-corrected chi connectivity index (χ3v) is 3.31. The van der Waals surface area contributed by atoms with E-state index in [1.54, 1.807) is 44.4 Å². The molecule has 2 amide bonds. The van der Waals surface area contributed by atoms with Crippen LogP contribution in [-0.2, 0) is 22.7 Å². The third kappa shape index (κ3) is 3.94. The van der Waals surface area contributed by atoms with Crippen LogP contribution in [0.4, 0.5) is 0 Å². The fraction of sp³-hybridized carbons (Fsp3) is 0.312. The molecule has 0 radical (unpaired) electrons. The summed E-state index contributed by atoms with van der Waals surface area (Å²) in [5.41, 5.74) is -0.294. The predicted octanol–water partition coefficient (Wildman–Crippen LogP) is 1.63. The van der Waals surface area contributed by atoms with E-state index in [1.165, 1.54) is 6.26 Å². The molecule has 0 saturated heterocycles. The van der Waals surface area contributed by atoms with E-state index in [2.05, 4.69) is 15.6 Å². The highest BCUT2D eigenvalue weighted by atomic mass is 16.3. The molecular formula is C16H19N3O3. The number of carbonyl (C=O) groups is 2. The van der Waals surface area contributed by atoms with E-state index in [0.29, 0.717) is 12.3 Å². The zero-order valence-electron chi connectivity index (χ0n) is 12.6. The molecule has 0 bridgehead atoms. The summed E-state index contributed by atoms with van der Waals surface area (Å²) in [5, 5.41) is 5.45. The Kier molecular flexibility index (Phi) is 4.93. The van der Waals surface area contributed by atoms with Crippen molar-refractivity contribution in [1.29, 1.82) is 0 Å². The van der Waals surface area contributed by atoms with Gasteiger partial charge in [-0.25, -0.2) is 0 Å². The average Bonchev–Trinajstić information content (AvgIpc) is 3.04. The maximum absolute atomic E-state index is 12.2. The third-order valence-electron chi connectivity index (χ3n) is 3.31. The Hall–Kier alpha value is -2.63. The first-order valence-corrected chi connectivity index (χ1v) is 6.98. The van der Waals surface area contributed by atoms with Gasteiger partial charge >= 0.3 is 0 Å². The highest BCUT2D eigenvalue weighted by molar-refractivity contribution is 6.04. The van der Waals surface area contributed by atoms with Crippen molar-refractivity contribution < 1.29 is 14.0 Å². The number of hydrogen-bond acceptors (Lipinski definition) is 4. The lowest BCUT2D eigenvalue weighted by Gasteiger charge is -2.22. The van der Waals surface area contributed by atoms with Crippen molar-refractivity contribution in [3.8, 4) is 0 Å². The molecule has 0 fully saturated rings. The molecule has 0 saturated carbocycles. The molecule has 22 heavy (non-hydrogen) atoms. The van der Waals surface area contributed by atoms with Gasteiger partial charge in [0.05, 0.1) is 12.8 Å². The Morgan fingerprint density at radius 1 is 1.14 bits per heavy atom. The Bertz CT molecular complexity index is 621. The van der Waals surface area contributed by atoms with Crippen molar-refractivity contribution >= 4 is 11.8 Å². The van der Waals surface area contributed by atoms with Crippen molar-refractivity contribution in [3.63, 3.8) is 0 Å². The first-order chi connectivity index (χ1) is 10.5. The molecule has 6 heteroatoms. The van der Waals surface area contributed by atoms with Crippen LogP contribution in [0.1, 0.15) is 25.2 Å². The van der Waals surface area contributed by atoms with E-state index in [9.17, 15) is 9.59 Å². The molecular weight excluding hydrogens is 282 g/mol. The van der Waals surface area contributed by atoms with Crippen molar-refractivity contribution in [1.82, 2.24) is 15.6 Å². The van der Waals surface area contributed by atoms with E-state index >= 15 is 0 Å². The molecule has 0 aliphatic rings. The highest BCUT2D eigenvalue weighted by Crippen LogP contribution is 2.16. The number of rotatable bonds is 6. The summed E-state index contributed by atoms with van der Waals surface area (Å²) in [6, 6.07) is 7.16. The Labute approximate surface area is 128 Å². The largest absolute Gasteiger partial charge is 0.467 e. The minimum Gasteiger partial charge on any atom is -0.467 e. The highest BCUT2D eigenvalue weighted by Gasteiger charge is 2.35. The van der Waals surface area contributed by atoms with Gasteiger partial charge in [0.15, 0.2) is 0 Å². The van der Waals surface area contributed by atoms with Gasteiger partial charge in [0, 0.05) is 18.9 Å². The van der Waals surface area contributed by atoms with Crippen LogP contribution in [-0.4, -0.2) is 16.8 Å². The second kappa shape index (κ2) is 6.89. The van der Waals surface area contributed by atoms with Gasteiger partial charge in [0.1, 0.15) is 11.2 Å². The number of amides is 2. The zero-order chi connectivity index (χ0) is 16.0. The number of pyridine rings is 1. The lowest BCUT2D eigenvalue weighted by molar-refractivity contribution is -0.141.